The van der Waals surface area contributed by atoms with E-state index >= 15 is 0 Å². The second kappa shape index (κ2) is 6.47. The van der Waals surface area contributed by atoms with Crippen LogP contribution >= 0.6 is 11.3 Å². The molecule has 0 saturated carbocycles. The second-order valence-electron chi connectivity index (χ2n) is 7.10. The number of pyridine rings is 1. The van der Waals surface area contributed by atoms with Crippen LogP contribution < -0.4 is 10.9 Å². The van der Waals surface area contributed by atoms with Gasteiger partial charge in [-0.15, -0.1) is 11.3 Å². The minimum Gasteiger partial charge on any atom is -0.391 e. The van der Waals surface area contributed by atoms with Crippen molar-refractivity contribution in [1.29, 1.82) is 0 Å². The monoisotopic (exact) mass is 399 g/mol. The summed E-state index contributed by atoms with van der Waals surface area (Å²) in [7, 11) is 0. The Morgan fingerprint density at radius 2 is 2.21 bits per heavy atom. The maximum atomic E-state index is 14.4. The zero-order chi connectivity index (χ0) is 19.4. The first-order chi connectivity index (χ1) is 13.5. The van der Waals surface area contributed by atoms with Crippen LogP contribution in [0.1, 0.15) is 18.2 Å². The van der Waals surface area contributed by atoms with Crippen molar-refractivity contribution in [3.05, 3.63) is 52.7 Å². The number of aryl methyl sites for hydroxylation is 1. The molecular weight excluding hydrogens is 381 g/mol. The Bertz CT molecular complexity index is 1260. The van der Waals surface area contributed by atoms with Crippen LogP contribution in [-0.4, -0.2) is 43.2 Å². The molecule has 28 heavy (non-hydrogen) atoms. The zero-order valence-corrected chi connectivity index (χ0v) is 15.9. The van der Waals surface area contributed by atoms with Crippen LogP contribution in [0, 0.1) is 12.7 Å². The van der Waals surface area contributed by atoms with Crippen molar-refractivity contribution in [3.63, 3.8) is 0 Å². The number of hydrogen-bond donors (Lipinski definition) is 2. The summed E-state index contributed by atoms with van der Waals surface area (Å²) >= 11 is 1.28. The number of nitrogens with zero attached hydrogens (tertiary/aromatic N) is 4. The number of thiophene rings is 1. The molecule has 7 nitrogen and oxygen atoms in total. The van der Waals surface area contributed by atoms with Gasteiger partial charge in [0.05, 0.1) is 29.7 Å². The number of aromatic nitrogens is 4. The van der Waals surface area contributed by atoms with E-state index in [9.17, 15) is 14.3 Å². The highest BCUT2D eigenvalue weighted by molar-refractivity contribution is 7.22. The predicted molar refractivity (Wildman–Crippen MR) is 105 cm³/mol. The van der Waals surface area contributed by atoms with Gasteiger partial charge in [-0.3, -0.25) is 9.36 Å². The summed E-state index contributed by atoms with van der Waals surface area (Å²) in [6.07, 6.45) is 5.06. The van der Waals surface area contributed by atoms with Crippen LogP contribution in [0.15, 0.2) is 35.6 Å². The summed E-state index contributed by atoms with van der Waals surface area (Å²) < 4.78 is 18.1. The molecule has 2 atom stereocenters. The lowest BCUT2D eigenvalue weighted by Gasteiger charge is -2.29. The van der Waals surface area contributed by atoms with E-state index in [2.05, 4.69) is 15.3 Å². The molecule has 4 aromatic heterocycles. The van der Waals surface area contributed by atoms with Gasteiger partial charge < -0.3 is 14.8 Å². The van der Waals surface area contributed by atoms with Gasteiger partial charge >= 0.3 is 0 Å². The van der Waals surface area contributed by atoms with Crippen molar-refractivity contribution in [2.75, 3.05) is 13.1 Å². The SMILES string of the molecule is Cc1cn2cc(-c3cc4ncn([C@H]5CNCC[C@@H]5O)c(=O)c4s3)cc(F)c2n1. The molecule has 5 heterocycles. The quantitative estimate of drug-likeness (QED) is 0.539. The molecule has 5 rings (SSSR count). The number of hydrogen-bond acceptors (Lipinski definition) is 6. The summed E-state index contributed by atoms with van der Waals surface area (Å²) in [5.74, 6) is -0.412. The van der Waals surface area contributed by atoms with Gasteiger partial charge in [-0.1, -0.05) is 0 Å². The van der Waals surface area contributed by atoms with Crippen molar-refractivity contribution in [3.8, 4) is 10.4 Å². The van der Waals surface area contributed by atoms with Crippen LogP contribution in [0.3, 0.4) is 0 Å². The van der Waals surface area contributed by atoms with Gasteiger partial charge in [0, 0.05) is 29.4 Å². The highest BCUT2D eigenvalue weighted by Crippen LogP contribution is 2.32. The fourth-order valence-corrected chi connectivity index (χ4v) is 4.76. The molecule has 9 heteroatoms. The average Bonchev–Trinajstić information content (AvgIpc) is 3.27. The largest absolute Gasteiger partial charge is 0.391 e. The van der Waals surface area contributed by atoms with Gasteiger partial charge in [0.15, 0.2) is 11.5 Å². The van der Waals surface area contributed by atoms with Crippen molar-refractivity contribution in [2.45, 2.75) is 25.5 Å². The van der Waals surface area contributed by atoms with E-state index < -0.39 is 11.9 Å². The molecular formula is C19H18FN5O2S. The predicted octanol–water partition coefficient (Wildman–Crippen LogP) is 2.12. The van der Waals surface area contributed by atoms with Gasteiger partial charge in [0.25, 0.3) is 5.56 Å². The Morgan fingerprint density at radius 3 is 3.04 bits per heavy atom. The van der Waals surface area contributed by atoms with Gasteiger partial charge in [-0.05, 0) is 32.0 Å². The normalized spacial score (nSPS) is 20.2. The fourth-order valence-electron chi connectivity index (χ4n) is 3.73. The number of rotatable bonds is 2. The number of aliphatic hydroxyl groups is 1. The lowest BCUT2D eigenvalue weighted by molar-refractivity contribution is 0.0824. The van der Waals surface area contributed by atoms with E-state index in [-0.39, 0.29) is 17.2 Å². The third kappa shape index (κ3) is 2.74. The summed E-state index contributed by atoms with van der Waals surface area (Å²) in [4.78, 5) is 22.3. The molecule has 1 aliphatic heterocycles. The van der Waals surface area contributed by atoms with E-state index in [1.165, 1.54) is 28.3 Å². The van der Waals surface area contributed by atoms with Crippen LogP contribution in [0.5, 0.6) is 0 Å². The molecule has 0 spiro atoms. The Kier molecular flexibility index (Phi) is 4.04. The number of aliphatic hydroxyl groups excluding tert-OH is 1. The Labute approximate surface area is 163 Å². The molecule has 0 amide bonds. The zero-order valence-electron chi connectivity index (χ0n) is 15.1. The minimum absolute atomic E-state index is 0.186. The molecule has 0 aromatic carbocycles. The number of piperidine rings is 1. The lowest BCUT2D eigenvalue weighted by Crippen LogP contribution is -2.44. The van der Waals surface area contributed by atoms with Crippen molar-refractivity contribution < 1.29 is 9.50 Å². The van der Waals surface area contributed by atoms with Crippen LogP contribution in [0.2, 0.25) is 0 Å². The maximum absolute atomic E-state index is 14.4. The molecule has 144 valence electrons. The van der Waals surface area contributed by atoms with E-state index in [4.69, 9.17) is 0 Å². The van der Waals surface area contributed by atoms with E-state index in [1.54, 1.807) is 22.9 Å². The molecule has 1 saturated heterocycles. The van der Waals surface area contributed by atoms with Gasteiger partial charge in [-0.2, -0.15) is 0 Å². The topological polar surface area (TPSA) is 84.5 Å². The van der Waals surface area contributed by atoms with Crippen molar-refractivity contribution >= 4 is 27.2 Å². The molecule has 0 unspecified atom stereocenters. The van der Waals surface area contributed by atoms with Crippen LogP contribution in [0.4, 0.5) is 4.39 Å². The molecule has 0 radical (unpaired) electrons. The smallest absolute Gasteiger partial charge is 0.271 e. The number of halogens is 1. The fraction of sp³-hybridized carbons (Fsp3) is 0.316. The third-order valence-electron chi connectivity index (χ3n) is 5.15. The standard InChI is InChI=1S/C19H18FN5O2S/c1-10-7-24-8-11(4-12(20)18(24)23-10)16-5-13-17(28-16)19(27)25(9-22-13)14-6-21-3-2-15(14)26/h4-5,7-9,14-15,21,26H,2-3,6H2,1H3/t14-,15-/m0/s1. The average molecular weight is 399 g/mol. The molecule has 2 N–H and O–H groups in total. The number of nitrogens with one attached hydrogen (secondary N) is 1. The van der Waals surface area contributed by atoms with E-state index in [0.29, 0.717) is 28.7 Å². The summed E-state index contributed by atoms with van der Waals surface area (Å²) in [6.45, 7) is 3.06. The Hall–Kier alpha value is -2.62. The molecule has 1 aliphatic rings. The first-order valence-corrected chi connectivity index (χ1v) is 9.87. The lowest BCUT2D eigenvalue weighted by atomic mass is 10.0. The van der Waals surface area contributed by atoms with Crippen molar-refractivity contribution in [2.24, 2.45) is 0 Å². The second-order valence-corrected chi connectivity index (χ2v) is 8.15. The minimum atomic E-state index is -0.585. The molecule has 4 aromatic rings. The van der Waals surface area contributed by atoms with E-state index in [0.717, 1.165) is 17.1 Å². The number of imidazole rings is 1. The Balaban J connectivity index is 1.62. The third-order valence-corrected chi connectivity index (χ3v) is 6.31. The van der Waals surface area contributed by atoms with E-state index in [1.807, 2.05) is 6.92 Å². The molecule has 0 aliphatic carbocycles. The van der Waals surface area contributed by atoms with Gasteiger partial charge in [-0.25, -0.2) is 14.4 Å². The van der Waals surface area contributed by atoms with Crippen LogP contribution in [0.25, 0.3) is 26.3 Å². The van der Waals surface area contributed by atoms with Crippen LogP contribution in [-0.2, 0) is 0 Å². The highest BCUT2D eigenvalue weighted by Gasteiger charge is 2.26. The summed E-state index contributed by atoms with van der Waals surface area (Å²) in [5.41, 5.74) is 2.06. The summed E-state index contributed by atoms with van der Waals surface area (Å²) in [6, 6.07) is 2.89. The first-order valence-electron chi connectivity index (χ1n) is 9.06. The molecule has 0 bridgehead atoms. The van der Waals surface area contributed by atoms with Gasteiger partial charge in [0.2, 0.25) is 0 Å². The highest BCUT2D eigenvalue weighted by atomic mass is 32.1. The summed E-state index contributed by atoms with van der Waals surface area (Å²) in [5, 5.41) is 13.5. The maximum Gasteiger partial charge on any atom is 0.271 e. The van der Waals surface area contributed by atoms with Gasteiger partial charge in [0.1, 0.15) is 4.70 Å². The number of fused-ring (bicyclic) bond motifs is 2. The molecule has 1 fully saturated rings. The van der Waals surface area contributed by atoms with Crippen molar-refractivity contribution in [1.82, 2.24) is 24.3 Å². The first kappa shape index (κ1) is 17.5. The Morgan fingerprint density at radius 1 is 1.36 bits per heavy atom.